The molecule has 1 aliphatic carbocycles. The Kier molecular flexibility index (Phi) is 3.74. The van der Waals surface area contributed by atoms with E-state index in [1.165, 1.54) is 36.9 Å². The molecule has 0 spiro atoms. The van der Waals surface area contributed by atoms with E-state index in [9.17, 15) is 0 Å². The highest BCUT2D eigenvalue weighted by Gasteiger charge is 2.41. The predicted octanol–water partition coefficient (Wildman–Crippen LogP) is 3.58. The van der Waals surface area contributed by atoms with Crippen LogP contribution >= 0.6 is 0 Å². The molecule has 0 amide bonds. The highest BCUT2D eigenvalue weighted by molar-refractivity contribution is 5.42. The first kappa shape index (κ1) is 14.5. The summed E-state index contributed by atoms with van der Waals surface area (Å²) in [6, 6.07) is 2.34. The molecule has 114 valence electrons. The summed E-state index contributed by atoms with van der Waals surface area (Å²) in [6.07, 6.45) is 7.41. The molecule has 2 aromatic heterocycles. The number of fused-ring (bicyclic) bond motifs is 1. The van der Waals surface area contributed by atoms with Gasteiger partial charge in [0.05, 0.1) is 5.69 Å². The van der Waals surface area contributed by atoms with E-state index in [1.807, 2.05) is 23.7 Å². The Bertz CT molecular complexity index is 640. The van der Waals surface area contributed by atoms with E-state index in [1.54, 1.807) is 0 Å². The SMILES string of the molecule is CCCC1(CNC(C)c2cnc3cc(C)nn3c2C)CC1. The van der Waals surface area contributed by atoms with Gasteiger partial charge in [-0.05, 0) is 45.4 Å². The summed E-state index contributed by atoms with van der Waals surface area (Å²) in [6.45, 7) is 9.78. The normalized spacial score (nSPS) is 18.1. The minimum atomic E-state index is 0.320. The lowest BCUT2D eigenvalue weighted by Gasteiger charge is -2.21. The first-order chi connectivity index (χ1) is 10.0. The fraction of sp³-hybridized carbons (Fsp3) is 0.647. The smallest absolute Gasteiger partial charge is 0.155 e. The minimum absolute atomic E-state index is 0.320. The number of hydrogen-bond acceptors (Lipinski definition) is 3. The van der Waals surface area contributed by atoms with Crippen LogP contribution in [0.2, 0.25) is 0 Å². The summed E-state index contributed by atoms with van der Waals surface area (Å²) in [4.78, 5) is 4.54. The third-order valence-electron chi connectivity index (χ3n) is 4.87. The van der Waals surface area contributed by atoms with Crippen LogP contribution < -0.4 is 5.32 Å². The van der Waals surface area contributed by atoms with Crippen molar-refractivity contribution >= 4 is 5.65 Å². The van der Waals surface area contributed by atoms with Gasteiger partial charge in [-0.2, -0.15) is 5.10 Å². The van der Waals surface area contributed by atoms with Crippen LogP contribution in [0.15, 0.2) is 12.3 Å². The van der Waals surface area contributed by atoms with Crippen molar-refractivity contribution in [2.24, 2.45) is 5.41 Å². The average Bonchev–Trinajstić information content (AvgIpc) is 3.10. The molecule has 1 atom stereocenters. The van der Waals surface area contributed by atoms with Crippen LogP contribution in [0, 0.1) is 19.3 Å². The van der Waals surface area contributed by atoms with Crippen molar-refractivity contribution in [3.05, 3.63) is 29.2 Å². The number of aromatic nitrogens is 3. The average molecular weight is 286 g/mol. The first-order valence-electron chi connectivity index (χ1n) is 8.10. The molecule has 3 rings (SSSR count). The van der Waals surface area contributed by atoms with Crippen LogP contribution in [-0.2, 0) is 0 Å². The lowest BCUT2D eigenvalue weighted by atomic mass is 9.99. The van der Waals surface area contributed by atoms with Crippen LogP contribution in [0.3, 0.4) is 0 Å². The second-order valence-corrected chi connectivity index (χ2v) is 6.71. The number of aryl methyl sites for hydroxylation is 2. The molecular formula is C17H26N4. The zero-order chi connectivity index (χ0) is 15.0. The summed E-state index contributed by atoms with van der Waals surface area (Å²) < 4.78 is 1.96. The zero-order valence-corrected chi connectivity index (χ0v) is 13.6. The lowest BCUT2D eigenvalue weighted by Crippen LogP contribution is -2.27. The Hall–Kier alpha value is -1.42. The largest absolute Gasteiger partial charge is 0.310 e. The maximum atomic E-state index is 4.54. The molecule has 1 saturated carbocycles. The molecule has 0 radical (unpaired) electrons. The highest BCUT2D eigenvalue weighted by Crippen LogP contribution is 2.49. The third kappa shape index (κ3) is 2.82. The zero-order valence-electron chi connectivity index (χ0n) is 13.6. The van der Waals surface area contributed by atoms with Gasteiger partial charge in [0, 0.05) is 36.1 Å². The van der Waals surface area contributed by atoms with Gasteiger partial charge in [0.15, 0.2) is 5.65 Å². The summed E-state index contributed by atoms with van der Waals surface area (Å²) in [7, 11) is 0. The van der Waals surface area contributed by atoms with Crippen molar-refractivity contribution < 1.29 is 0 Å². The van der Waals surface area contributed by atoms with Gasteiger partial charge in [-0.25, -0.2) is 9.50 Å². The number of nitrogens with zero attached hydrogens (tertiary/aromatic N) is 3. The van der Waals surface area contributed by atoms with E-state index in [2.05, 4.69) is 36.2 Å². The Morgan fingerprint density at radius 3 is 2.81 bits per heavy atom. The van der Waals surface area contributed by atoms with E-state index in [0.717, 1.165) is 17.9 Å². The van der Waals surface area contributed by atoms with Crippen LogP contribution in [0.1, 0.15) is 62.5 Å². The molecule has 1 N–H and O–H groups in total. The van der Waals surface area contributed by atoms with Gasteiger partial charge < -0.3 is 5.32 Å². The quantitative estimate of drug-likeness (QED) is 0.882. The molecule has 4 nitrogen and oxygen atoms in total. The highest BCUT2D eigenvalue weighted by atomic mass is 15.3. The maximum absolute atomic E-state index is 4.54. The molecule has 1 fully saturated rings. The standard InChI is InChI=1S/C17H26N4/c1-5-6-17(7-8-17)11-19-13(3)15-10-18-16-9-12(2)20-21(16)14(15)4/h9-10,13,19H,5-8,11H2,1-4H3. The van der Waals surface area contributed by atoms with Gasteiger partial charge in [-0.15, -0.1) is 0 Å². The molecule has 21 heavy (non-hydrogen) atoms. The van der Waals surface area contributed by atoms with Crippen molar-refractivity contribution in [2.75, 3.05) is 6.54 Å². The molecule has 2 heterocycles. The van der Waals surface area contributed by atoms with E-state index in [4.69, 9.17) is 0 Å². The molecule has 0 aliphatic heterocycles. The number of rotatable bonds is 6. The van der Waals surface area contributed by atoms with Gasteiger partial charge in [0.1, 0.15) is 0 Å². The van der Waals surface area contributed by atoms with E-state index in [0.29, 0.717) is 11.5 Å². The predicted molar refractivity (Wildman–Crippen MR) is 85.5 cm³/mol. The number of nitrogens with one attached hydrogen (secondary N) is 1. The van der Waals surface area contributed by atoms with Crippen molar-refractivity contribution in [3.8, 4) is 0 Å². The van der Waals surface area contributed by atoms with Crippen molar-refractivity contribution in [3.63, 3.8) is 0 Å². The van der Waals surface area contributed by atoms with Crippen LogP contribution in [0.4, 0.5) is 0 Å². The molecule has 1 aliphatic rings. The van der Waals surface area contributed by atoms with Crippen molar-refractivity contribution in [1.82, 2.24) is 19.9 Å². The maximum Gasteiger partial charge on any atom is 0.155 e. The molecule has 0 aromatic carbocycles. The van der Waals surface area contributed by atoms with Gasteiger partial charge in [-0.3, -0.25) is 0 Å². The summed E-state index contributed by atoms with van der Waals surface area (Å²) >= 11 is 0. The molecule has 1 unspecified atom stereocenters. The van der Waals surface area contributed by atoms with Crippen molar-refractivity contribution in [1.29, 1.82) is 0 Å². The van der Waals surface area contributed by atoms with Gasteiger partial charge in [-0.1, -0.05) is 13.3 Å². The Morgan fingerprint density at radius 2 is 2.14 bits per heavy atom. The van der Waals surface area contributed by atoms with E-state index < -0.39 is 0 Å². The Morgan fingerprint density at radius 1 is 1.38 bits per heavy atom. The molecule has 2 aromatic rings. The van der Waals surface area contributed by atoms with Gasteiger partial charge >= 0.3 is 0 Å². The Labute approximate surface area is 127 Å². The second kappa shape index (κ2) is 5.41. The summed E-state index contributed by atoms with van der Waals surface area (Å²) in [5, 5.41) is 8.25. The van der Waals surface area contributed by atoms with Crippen LogP contribution in [0.25, 0.3) is 5.65 Å². The molecule has 0 saturated heterocycles. The van der Waals surface area contributed by atoms with E-state index >= 15 is 0 Å². The molecular weight excluding hydrogens is 260 g/mol. The van der Waals surface area contributed by atoms with E-state index in [-0.39, 0.29) is 0 Å². The first-order valence-corrected chi connectivity index (χ1v) is 8.10. The topological polar surface area (TPSA) is 42.2 Å². The fourth-order valence-corrected chi connectivity index (χ4v) is 3.30. The second-order valence-electron chi connectivity index (χ2n) is 6.71. The Balaban J connectivity index is 1.75. The van der Waals surface area contributed by atoms with Gasteiger partial charge in [0.25, 0.3) is 0 Å². The number of hydrogen-bond donors (Lipinski definition) is 1. The fourth-order valence-electron chi connectivity index (χ4n) is 3.30. The van der Waals surface area contributed by atoms with Crippen molar-refractivity contribution in [2.45, 2.75) is 59.4 Å². The van der Waals surface area contributed by atoms with Crippen LogP contribution in [0.5, 0.6) is 0 Å². The molecule has 0 bridgehead atoms. The van der Waals surface area contributed by atoms with Crippen LogP contribution in [-0.4, -0.2) is 21.1 Å². The summed E-state index contributed by atoms with van der Waals surface area (Å²) in [5.41, 5.74) is 4.97. The minimum Gasteiger partial charge on any atom is -0.310 e. The summed E-state index contributed by atoms with van der Waals surface area (Å²) in [5.74, 6) is 0. The monoisotopic (exact) mass is 286 g/mol. The lowest BCUT2D eigenvalue weighted by molar-refractivity contribution is 0.396. The molecule has 4 heteroatoms. The van der Waals surface area contributed by atoms with Gasteiger partial charge in [0.2, 0.25) is 0 Å². The third-order valence-corrected chi connectivity index (χ3v) is 4.87.